The lowest BCUT2D eigenvalue weighted by Gasteiger charge is -2.28. The second-order valence-electron chi connectivity index (χ2n) is 10.4. The van der Waals surface area contributed by atoms with Gasteiger partial charge in [-0.3, -0.25) is 9.59 Å². The van der Waals surface area contributed by atoms with Gasteiger partial charge in [0.1, 0.15) is 19.1 Å². The topological polar surface area (TPSA) is 82.1 Å². The van der Waals surface area contributed by atoms with Crippen molar-refractivity contribution in [3.63, 3.8) is 0 Å². The van der Waals surface area contributed by atoms with Crippen LogP contribution in [0.4, 0.5) is 13.2 Å². The Hall–Kier alpha value is -4.01. The molecule has 0 saturated heterocycles. The van der Waals surface area contributed by atoms with E-state index in [0.29, 0.717) is 11.1 Å². The van der Waals surface area contributed by atoms with Crippen molar-refractivity contribution in [1.82, 2.24) is 0 Å². The molecule has 1 atom stereocenters. The zero-order valence-corrected chi connectivity index (χ0v) is 24.2. The van der Waals surface area contributed by atoms with Crippen LogP contribution in [0.15, 0.2) is 42.5 Å². The predicted molar refractivity (Wildman–Crippen MR) is 148 cm³/mol. The van der Waals surface area contributed by atoms with E-state index in [1.165, 1.54) is 19.2 Å². The highest BCUT2D eigenvalue weighted by molar-refractivity contribution is 5.96. The van der Waals surface area contributed by atoms with Gasteiger partial charge in [0, 0.05) is 5.56 Å². The number of alkyl halides is 3. The molecule has 41 heavy (non-hydrogen) atoms. The molecule has 3 rings (SSSR count). The van der Waals surface area contributed by atoms with Crippen LogP contribution < -0.4 is 4.74 Å². The molecule has 0 spiro atoms. The van der Waals surface area contributed by atoms with Gasteiger partial charge in [-0.1, -0.05) is 47.5 Å². The van der Waals surface area contributed by atoms with Gasteiger partial charge < -0.3 is 19.3 Å². The Morgan fingerprint density at radius 1 is 0.780 bits per heavy atom. The Kier molecular flexibility index (Phi) is 9.73. The first kappa shape index (κ1) is 31.5. The van der Waals surface area contributed by atoms with Gasteiger partial charge in [0.25, 0.3) is 0 Å². The number of phenols is 1. The average Bonchev–Trinajstić information content (AvgIpc) is 2.85. The molecule has 0 aromatic heterocycles. The number of para-hydroxylation sites is 1. The zero-order chi connectivity index (χ0) is 30.6. The summed E-state index contributed by atoms with van der Waals surface area (Å²) in [6.07, 6.45) is -5.14. The van der Waals surface area contributed by atoms with Crippen molar-refractivity contribution in [3.8, 4) is 11.5 Å². The van der Waals surface area contributed by atoms with E-state index >= 15 is 0 Å². The Balaban J connectivity index is 2.04. The minimum Gasteiger partial charge on any atom is -0.504 e. The molecule has 0 fully saturated rings. The van der Waals surface area contributed by atoms with Gasteiger partial charge in [-0.05, 0) is 81.0 Å². The molecule has 1 N–H and O–H groups in total. The molecule has 0 radical (unpaired) electrons. The minimum absolute atomic E-state index is 0.242. The molecule has 3 aromatic carbocycles. The SMILES string of the molecule is COc1cccc([C@@H](C(C(=O)OCc2c(C)cc(C)cc2C)C(=O)OCc2c(C)cc(C)cc2C)C(F)(F)F)c1O. The highest BCUT2D eigenvalue weighted by atomic mass is 19.4. The van der Waals surface area contributed by atoms with E-state index in [0.717, 1.165) is 39.4 Å². The van der Waals surface area contributed by atoms with Crippen molar-refractivity contribution in [3.05, 3.63) is 92.5 Å². The number of hydrogen-bond donors (Lipinski definition) is 1. The normalized spacial score (nSPS) is 12.3. The van der Waals surface area contributed by atoms with Crippen LogP contribution >= 0.6 is 0 Å². The first-order valence-corrected chi connectivity index (χ1v) is 13.0. The molecule has 0 amide bonds. The molecule has 0 bridgehead atoms. The molecular formula is C32H35F3O6. The van der Waals surface area contributed by atoms with Crippen molar-refractivity contribution in [2.45, 2.75) is 66.9 Å². The number of rotatable bonds is 9. The second kappa shape index (κ2) is 12.7. The van der Waals surface area contributed by atoms with Crippen LogP contribution in [0.5, 0.6) is 11.5 Å². The van der Waals surface area contributed by atoms with E-state index in [9.17, 15) is 27.9 Å². The number of aromatic hydroxyl groups is 1. The zero-order valence-electron chi connectivity index (χ0n) is 24.2. The number of aryl methyl sites for hydroxylation is 6. The average molecular weight is 573 g/mol. The number of halogens is 3. The monoisotopic (exact) mass is 572 g/mol. The van der Waals surface area contributed by atoms with Gasteiger partial charge in [-0.2, -0.15) is 13.2 Å². The molecule has 0 aliphatic carbocycles. The highest BCUT2D eigenvalue weighted by Crippen LogP contribution is 2.47. The third kappa shape index (κ3) is 7.20. The summed E-state index contributed by atoms with van der Waals surface area (Å²) in [6, 6.07) is 10.9. The number of hydrogen-bond acceptors (Lipinski definition) is 6. The van der Waals surface area contributed by atoms with E-state index in [1.807, 2.05) is 38.1 Å². The van der Waals surface area contributed by atoms with Crippen LogP contribution in [0.25, 0.3) is 0 Å². The Morgan fingerprint density at radius 2 is 1.20 bits per heavy atom. The second-order valence-corrected chi connectivity index (χ2v) is 10.4. The first-order chi connectivity index (χ1) is 19.1. The summed E-state index contributed by atoms with van der Waals surface area (Å²) in [6.45, 7) is 10.3. The van der Waals surface area contributed by atoms with Crippen LogP contribution in [0.3, 0.4) is 0 Å². The standard InChI is InChI=1S/C32H35F3O6/c1-17-11-19(3)24(20(4)12-17)15-40-30(37)27(31(38)41-16-25-21(5)13-18(2)14-22(25)6)28(32(33,34)35)23-9-8-10-26(39-7)29(23)36/h8-14,27-28,36H,15-16H2,1-7H3/t28-/m0/s1. The fraction of sp³-hybridized carbons (Fsp3) is 0.375. The maximum atomic E-state index is 14.7. The van der Waals surface area contributed by atoms with E-state index in [-0.39, 0.29) is 19.0 Å². The number of carbonyl (C=O) groups excluding carboxylic acids is 2. The number of phenolic OH excluding ortho intramolecular Hbond substituents is 1. The van der Waals surface area contributed by atoms with Crippen LogP contribution in [0, 0.1) is 47.5 Å². The van der Waals surface area contributed by atoms with Crippen molar-refractivity contribution < 1.29 is 42.1 Å². The summed E-state index contributed by atoms with van der Waals surface area (Å²) >= 11 is 0. The summed E-state index contributed by atoms with van der Waals surface area (Å²) in [5, 5.41) is 10.6. The van der Waals surface area contributed by atoms with E-state index in [4.69, 9.17) is 14.2 Å². The fourth-order valence-corrected chi connectivity index (χ4v) is 5.21. The molecule has 0 aliphatic heterocycles. The third-order valence-electron chi connectivity index (χ3n) is 7.18. The van der Waals surface area contributed by atoms with Crippen molar-refractivity contribution in [2.75, 3.05) is 7.11 Å². The first-order valence-electron chi connectivity index (χ1n) is 13.0. The Bertz CT molecular complexity index is 1320. The summed E-state index contributed by atoms with van der Waals surface area (Å²) in [5.41, 5.74) is 5.64. The van der Waals surface area contributed by atoms with Crippen molar-refractivity contribution in [2.24, 2.45) is 5.92 Å². The molecule has 0 unspecified atom stereocenters. The van der Waals surface area contributed by atoms with Gasteiger partial charge in [0.2, 0.25) is 0 Å². The number of benzene rings is 3. The quantitative estimate of drug-likeness (QED) is 0.220. The van der Waals surface area contributed by atoms with Gasteiger partial charge in [0.05, 0.1) is 7.11 Å². The highest BCUT2D eigenvalue weighted by Gasteiger charge is 2.54. The molecule has 220 valence electrons. The lowest BCUT2D eigenvalue weighted by atomic mass is 9.84. The van der Waals surface area contributed by atoms with E-state index in [2.05, 4.69) is 0 Å². The number of methoxy groups -OCH3 is 1. The molecule has 0 heterocycles. The summed E-state index contributed by atoms with van der Waals surface area (Å²) in [4.78, 5) is 26.9. The number of esters is 2. The Labute approximate surface area is 238 Å². The van der Waals surface area contributed by atoms with E-state index < -0.39 is 41.3 Å². The maximum Gasteiger partial charge on any atom is 0.397 e. The largest absolute Gasteiger partial charge is 0.504 e. The number of ether oxygens (including phenoxy) is 3. The van der Waals surface area contributed by atoms with Gasteiger partial charge >= 0.3 is 18.1 Å². The summed E-state index contributed by atoms with van der Waals surface area (Å²) in [7, 11) is 1.18. The third-order valence-corrected chi connectivity index (χ3v) is 7.18. The number of carbonyl (C=O) groups is 2. The molecule has 6 nitrogen and oxygen atoms in total. The van der Waals surface area contributed by atoms with Crippen LogP contribution in [-0.2, 0) is 32.3 Å². The predicted octanol–water partition coefficient (Wildman–Crippen LogP) is 7.00. The Morgan fingerprint density at radius 3 is 1.56 bits per heavy atom. The van der Waals surface area contributed by atoms with Crippen LogP contribution in [0.1, 0.15) is 56.0 Å². The van der Waals surface area contributed by atoms with Crippen LogP contribution in [-0.4, -0.2) is 30.3 Å². The van der Waals surface area contributed by atoms with Crippen molar-refractivity contribution >= 4 is 11.9 Å². The molecular weight excluding hydrogens is 537 g/mol. The minimum atomic E-state index is -5.14. The molecule has 0 aliphatic rings. The van der Waals surface area contributed by atoms with E-state index in [1.54, 1.807) is 27.7 Å². The molecule has 3 aromatic rings. The maximum absolute atomic E-state index is 14.7. The summed E-state index contributed by atoms with van der Waals surface area (Å²) < 4.78 is 59.8. The lowest BCUT2D eigenvalue weighted by Crippen LogP contribution is -2.40. The van der Waals surface area contributed by atoms with Crippen LogP contribution in [0.2, 0.25) is 0 Å². The lowest BCUT2D eigenvalue weighted by molar-refractivity contribution is -0.190. The van der Waals surface area contributed by atoms with Gasteiger partial charge in [-0.25, -0.2) is 0 Å². The molecule has 9 heteroatoms. The smallest absolute Gasteiger partial charge is 0.397 e. The molecule has 0 saturated carbocycles. The van der Waals surface area contributed by atoms with Gasteiger partial charge in [0.15, 0.2) is 17.4 Å². The fourth-order valence-electron chi connectivity index (χ4n) is 5.21. The van der Waals surface area contributed by atoms with Gasteiger partial charge in [-0.15, -0.1) is 0 Å². The van der Waals surface area contributed by atoms with Crippen molar-refractivity contribution in [1.29, 1.82) is 0 Å². The summed E-state index contributed by atoms with van der Waals surface area (Å²) in [5.74, 6) is -9.14.